The Balaban J connectivity index is 2.20. The third-order valence-electron chi connectivity index (χ3n) is 2.10. The molecule has 16 heavy (non-hydrogen) atoms. The molecular formula is C11H13N3OS. The number of thiazole rings is 1. The van der Waals surface area contributed by atoms with Gasteiger partial charge in [-0.3, -0.25) is 0 Å². The number of nitrogens with two attached hydrogens (primary N) is 1. The van der Waals surface area contributed by atoms with E-state index in [0.717, 1.165) is 17.1 Å². The second-order valence-corrected chi connectivity index (χ2v) is 4.59. The molecule has 0 radical (unpaired) electrons. The largest absolute Gasteiger partial charge is 0.448 e. The van der Waals surface area contributed by atoms with Gasteiger partial charge in [0.25, 0.3) is 0 Å². The van der Waals surface area contributed by atoms with E-state index in [0.29, 0.717) is 11.0 Å². The van der Waals surface area contributed by atoms with Crippen LogP contribution in [0.25, 0.3) is 12.2 Å². The van der Waals surface area contributed by atoms with E-state index in [-0.39, 0.29) is 0 Å². The van der Waals surface area contributed by atoms with Crippen LogP contribution in [0.5, 0.6) is 0 Å². The minimum Gasteiger partial charge on any atom is -0.448 e. The maximum Gasteiger partial charge on any atom is 0.181 e. The number of hydrogen-bond acceptors (Lipinski definition) is 5. The normalized spacial score (nSPS) is 11.7. The van der Waals surface area contributed by atoms with Gasteiger partial charge in [0.15, 0.2) is 11.5 Å². The molecule has 84 valence electrons. The van der Waals surface area contributed by atoms with E-state index in [1.165, 1.54) is 17.7 Å². The number of aromatic nitrogens is 2. The quantitative estimate of drug-likeness (QED) is 0.888. The van der Waals surface area contributed by atoms with Gasteiger partial charge in [-0.15, -0.1) is 11.3 Å². The first-order chi connectivity index (χ1) is 7.66. The molecule has 0 aliphatic heterocycles. The molecule has 0 aliphatic carbocycles. The monoisotopic (exact) mass is 235 g/mol. The van der Waals surface area contributed by atoms with Crippen molar-refractivity contribution in [2.24, 2.45) is 0 Å². The predicted octanol–water partition coefficient (Wildman–Crippen LogP) is 3.01. The molecule has 0 bridgehead atoms. The smallest absolute Gasteiger partial charge is 0.181 e. The van der Waals surface area contributed by atoms with Crippen LogP contribution in [0.3, 0.4) is 0 Å². The number of rotatable bonds is 3. The van der Waals surface area contributed by atoms with Crippen LogP contribution in [0.15, 0.2) is 16.2 Å². The summed E-state index contributed by atoms with van der Waals surface area (Å²) in [6.45, 7) is 4.14. The summed E-state index contributed by atoms with van der Waals surface area (Å²) in [5.41, 5.74) is 7.24. The van der Waals surface area contributed by atoms with Gasteiger partial charge in [-0.05, 0) is 12.2 Å². The standard InChI is InChI=1S/C11H13N3OS/c1-7(2)10-9(13-6-15-10)4-3-8-5-16-11(12)14-8/h3-7H,1-2H3,(H2,12,14). The fourth-order valence-corrected chi connectivity index (χ4v) is 1.89. The average Bonchev–Trinajstić information content (AvgIpc) is 2.83. The first-order valence-electron chi connectivity index (χ1n) is 4.99. The second kappa shape index (κ2) is 4.49. The Labute approximate surface area is 97.8 Å². The lowest BCUT2D eigenvalue weighted by Gasteiger charge is -1.98. The molecule has 2 heterocycles. The van der Waals surface area contributed by atoms with Crippen LogP contribution in [0.1, 0.15) is 36.9 Å². The van der Waals surface area contributed by atoms with E-state index in [1.807, 2.05) is 17.5 Å². The molecule has 0 saturated heterocycles. The molecule has 4 nitrogen and oxygen atoms in total. The summed E-state index contributed by atoms with van der Waals surface area (Å²) in [7, 11) is 0. The lowest BCUT2D eigenvalue weighted by Crippen LogP contribution is -1.87. The molecule has 5 heteroatoms. The summed E-state index contributed by atoms with van der Waals surface area (Å²) in [6.07, 6.45) is 5.24. The summed E-state index contributed by atoms with van der Waals surface area (Å²) >= 11 is 1.42. The lowest BCUT2D eigenvalue weighted by atomic mass is 10.1. The SMILES string of the molecule is CC(C)c1ocnc1C=Cc1csc(N)n1. The molecule has 2 aromatic rings. The van der Waals surface area contributed by atoms with E-state index in [1.54, 1.807) is 0 Å². The van der Waals surface area contributed by atoms with Crippen LogP contribution >= 0.6 is 11.3 Å². The third kappa shape index (κ3) is 2.30. The van der Waals surface area contributed by atoms with E-state index in [2.05, 4.69) is 23.8 Å². The van der Waals surface area contributed by atoms with Crippen LogP contribution in [0.4, 0.5) is 5.13 Å². The highest BCUT2D eigenvalue weighted by atomic mass is 32.1. The number of oxazole rings is 1. The first kappa shape index (κ1) is 10.9. The zero-order valence-electron chi connectivity index (χ0n) is 9.18. The van der Waals surface area contributed by atoms with Crippen molar-refractivity contribution in [2.45, 2.75) is 19.8 Å². The molecule has 0 fully saturated rings. The number of nitrogen functional groups attached to an aromatic ring is 1. The zero-order chi connectivity index (χ0) is 11.5. The van der Waals surface area contributed by atoms with Crippen molar-refractivity contribution in [2.75, 3.05) is 5.73 Å². The van der Waals surface area contributed by atoms with Gasteiger partial charge in [-0.25, -0.2) is 9.97 Å². The Bertz CT molecular complexity index is 499. The average molecular weight is 235 g/mol. The Kier molecular flexibility index (Phi) is 3.05. The third-order valence-corrected chi connectivity index (χ3v) is 2.79. The van der Waals surface area contributed by atoms with E-state index < -0.39 is 0 Å². The van der Waals surface area contributed by atoms with Gasteiger partial charge >= 0.3 is 0 Å². The van der Waals surface area contributed by atoms with Crippen molar-refractivity contribution in [1.29, 1.82) is 0 Å². The highest BCUT2D eigenvalue weighted by Gasteiger charge is 2.09. The second-order valence-electron chi connectivity index (χ2n) is 3.70. The Morgan fingerprint density at radius 3 is 2.88 bits per heavy atom. The van der Waals surface area contributed by atoms with Crippen LogP contribution in [-0.2, 0) is 0 Å². The molecule has 0 aromatic carbocycles. The molecule has 0 atom stereocenters. The van der Waals surface area contributed by atoms with Gasteiger partial charge < -0.3 is 10.2 Å². The van der Waals surface area contributed by atoms with Crippen LogP contribution in [0.2, 0.25) is 0 Å². The van der Waals surface area contributed by atoms with E-state index >= 15 is 0 Å². The molecule has 2 rings (SSSR count). The fraction of sp³-hybridized carbons (Fsp3) is 0.273. The maximum atomic E-state index is 5.55. The highest BCUT2D eigenvalue weighted by molar-refractivity contribution is 7.13. The highest BCUT2D eigenvalue weighted by Crippen LogP contribution is 2.20. The molecule has 0 aliphatic rings. The molecule has 0 unspecified atom stereocenters. The van der Waals surface area contributed by atoms with E-state index in [9.17, 15) is 0 Å². The van der Waals surface area contributed by atoms with Crippen molar-refractivity contribution in [1.82, 2.24) is 9.97 Å². The number of hydrogen-bond donors (Lipinski definition) is 1. The summed E-state index contributed by atoms with van der Waals surface area (Å²) < 4.78 is 5.31. The van der Waals surface area contributed by atoms with Gasteiger partial charge in [0.2, 0.25) is 0 Å². The Morgan fingerprint density at radius 1 is 1.44 bits per heavy atom. The van der Waals surface area contributed by atoms with Crippen molar-refractivity contribution >= 4 is 28.6 Å². The van der Waals surface area contributed by atoms with Crippen molar-refractivity contribution in [3.8, 4) is 0 Å². The number of nitrogens with zero attached hydrogens (tertiary/aromatic N) is 2. The maximum absolute atomic E-state index is 5.55. The molecule has 2 N–H and O–H groups in total. The van der Waals surface area contributed by atoms with Crippen LogP contribution in [0, 0.1) is 0 Å². The molecule has 0 amide bonds. The van der Waals surface area contributed by atoms with Gasteiger partial charge in [-0.1, -0.05) is 13.8 Å². The van der Waals surface area contributed by atoms with Gasteiger partial charge in [0, 0.05) is 11.3 Å². The molecule has 0 spiro atoms. The van der Waals surface area contributed by atoms with E-state index in [4.69, 9.17) is 10.2 Å². The van der Waals surface area contributed by atoms with Crippen molar-refractivity contribution < 1.29 is 4.42 Å². The lowest BCUT2D eigenvalue weighted by molar-refractivity contribution is 0.482. The summed E-state index contributed by atoms with van der Waals surface area (Å²) in [6, 6.07) is 0. The van der Waals surface area contributed by atoms with Crippen molar-refractivity contribution in [3.05, 3.63) is 28.9 Å². The zero-order valence-corrected chi connectivity index (χ0v) is 9.99. The number of anilines is 1. The van der Waals surface area contributed by atoms with Gasteiger partial charge in [0.05, 0.1) is 5.69 Å². The summed E-state index contributed by atoms with van der Waals surface area (Å²) in [5, 5.41) is 2.48. The fourth-order valence-electron chi connectivity index (χ4n) is 1.36. The first-order valence-corrected chi connectivity index (χ1v) is 5.87. The minimum atomic E-state index is 0.322. The Hall–Kier alpha value is -1.62. The van der Waals surface area contributed by atoms with Gasteiger partial charge in [0.1, 0.15) is 11.5 Å². The molecule has 2 aromatic heterocycles. The van der Waals surface area contributed by atoms with Crippen LogP contribution < -0.4 is 5.73 Å². The summed E-state index contributed by atoms with van der Waals surface area (Å²) in [4.78, 5) is 8.29. The predicted molar refractivity (Wildman–Crippen MR) is 66.0 cm³/mol. The molecule has 0 saturated carbocycles. The van der Waals surface area contributed by atoms with Crippen molar-refractivity contribution in [3.63, 3.8) is 0 Å². The minimum absolute atomic E-state index is 0.322. The molecular weight excluding hydrogens is 222 g/mol. The van der Waals surface area contributed by atoms with Gasteiger partial charge in [-0.2, -0.15) is 0 Å². The topological polar surface area (TPSA) is 64.9 Å². The van der Waals surface area contributed by atoms with Crippen LogP contribution in [-0.4, -0.2) is 9.97 Å². The Morgan fingerprint density at radius 2 is 2.25 bits per heavy atom. The summed E-state index contributed by atoms with van der Waals surface area (Å²) in [5.74, 6) is 1.21.